The van der Waals surface area contributed by atoms with Crippen molar-refractivity contribution in [1.29, 1.82) is 0 Å². The van der Waals surface area contributed by atoms with Gasteiger partial charge in [0.25, 0.3) is 0 Å². The summed E-state index contributed by atoms with van der Waals surface area (Å²) >= 11 is 6.03. The summed E-state index contributed by atoms with van der Waals surface area (Å²) in [5, 5.41) is 3.64. The van der Waals surface area contributed by atoms with Gasteiger partial charge in [0, 0.05) is 41.5 Å². The minimum atomic E-state index is -0.0730. The van der Waals surface area contributed by atoms with Crippen molar-refractivity contribution in [1.82, 2.24) is 10.2 Å². The molecule has 1 heterocycles. The number of halogens is 1. The van der Waals surface area contributed by atoms with Crippen LogP contribution in [0, 0.1) is 0 Å². The molecule has 0 bridgehead atoms. The number of carbonyl (C=O) groups is 1. The molecule has 0 unspecified atom stereocenters. The standard InChI is InChI=1S/C19H22ClN3O/c1-4-23-11-17(14-5-7-15(20)8-6-14)18(12(2)21-13(3)24)19(23)22-16-9-10-16/h5-8,11,16H,4,9-10H2,1-3H3,(H,21,24)/b18-12+,22-19+. The van der Waals surface area contributed by atoms with Crippen molar-refractivity contribution < 1.29 is 4.79 Å². The lowest BCUT2D eigenvalue weighted by atomic mass is 9.98. The van der Waals surface area contributed by atoms with Crippen molar-refractivity contribution in [2.75, 3.05) is 6.54 Å². The van der Waals surface area contributed by atoms with Gasteiger partial charge in [0.2, 0.25) is 5.91 Å². The highest BCUT2D eigenvalue weighted by atomic mass is 35.5. The second-order valence-corrected chi connectivity index (χ2v) is 6.64. The molecular weight excluding hydrogens is 322 g/mol. The molecule has 1 amide bonds. The maximum atomic E-state index is 11.6. The van der Waals surface area contributed by atoms with Gasteiger partial charge in [-0.05, 0) is 44.4 Å². The predicted octanol–water partition coefficient (Wildman–Crippen LogP) is 3.99. The van der Waals surface area contributed by atoms with Crippen molar-refractivity contribution >= 4 is 28.9 Å². The van der Waals surface area contributed by atoms with Crippen LogP contribution < -0.4 is 5.32 Å². The number of hydrogen-bond acceptors (Lipinski definition) is 2. The van der Waals surface area contributed by atoms with Gasteiger partial charge in [-0.15, -0.1) is 0 Å². The summed E-state index contributed by atoms with van der Waals surface area (Å²) in [5.74, 6) is 0.882. The zero-order valence-corrected chi connectivity index (χ0v) is 15.0. The molecule has 5 heteroatoms. The Morgan fingerprint density at radius 3 is 2.50 bits per heavy atom. The van der Waals surface area contributed by atoms with Gasteiger partial charge in [-0.3, -0.25) is 9.79 Å². The summed E-state index contributed by atoms with van der Waals surface area (Å²) in [7, 11) is 0. The number of likely N-dealkylation sites (N-methyl/N-ethyl adjacent to an activating group) is 1. The molecule has 0 radical (unpaired) electrons. The molecule has 0 aromatic heterocycles. The Kier molecular flexibility index (Phi) is 4.76. The average Bonchev–Trinajstić information content (AvgIpc) is 3.27. The molecule has 0 saturated heterocycles. The molecule has 1 aliphatic heterocycles. The van der Waals surface area contributed by atoms with Crippen LogP contribution in [0.3, 0.4) is 0 Å². The molecule has 24 heavy (non-hydrogen) atoms. The van der Waals surface area contributed by atoms with E-state index in [4.69, 9.17) is 16.6 Å². The molecule has 1 aliphatic carbocycles. The maximum absolute atomic E-state index is 11.6. The second-order valence-electron chi connectivity index (χ2n) is 6.20. The van der Waals surface area contributed by atoms with Crippen LogP contribution in [0.2, 0.25) is 5.02 Å². The fourth-order valence-corrected chi connectivity index (χ4v) is 2.97. The van der Waals surface area contributed by atoms with Crippen LogP contribution in [0.25, 0.3) is 5.57 Å². The van der Waals surface area contributed by atoms with Crippen LogP contribution in [0.1, 0.15) is 39.2 Å². The Bertz CT molecular complexity index is 742. The second kappa shape index (κ2) is 6.81. The first kappa shape index (κ1) is 16.8. The number of rotatable bonds is 4. The van der Waals surface area contributed by atoms with E-state index in [-0.39, 0.29) is 5.91 Å². The molecule has 2 aliphatic rings. The largest absolute Gasteiger partial charge is 0.332 e. The van der Waals surface area contributed by atoms with Gasteiger partial charge in [0.15, 0.2) is 0 Å². The van der Waals surface area contributed by atoms with Crippen LogP contribution >= 0.6 is 11.6 Å². The molecule has 0 atom stereocenters. The van der Waals surface area contributed by atoms with E-state index < -0.39 is 0 Å². The van der Waals surface area contributed by atoms with Crippen molar-refractivity contribution in [2.24, 2.45) is 4.99 Å². The highest BCUT2D eigenvalue weighted by Gasteiger charge is 2.31. The molecule has 1 saturated carbocycles. The van der Waals surface area contributed by atoms with Crippen LogP contribution in [0.4, 0.5) is 0 Å². The van der Waals surface area contributed by atoms with E-state index in [1.54, 1.807) is 0 Å². The fraction of sp³-hybridized carbons (Fsp3) is 0.368. The van der Waals surface area contributed by atoms with Gasteiger partial charge in [-0.2, -0.15) is 0 Å². The minimum Gasteiger partial charge on any atom is -0.332 e. The van der Waals surface area contributed by atoms with Gasteiger partial charge >= 0.3 is 0 Å². The molecule has 1 aromatic carbocycles. The highest BCUT2D eigenvalue weighted by molar-refractivity contribution is 6.30. The first-order valence-corrected chi connectivity index (χ1v) is 8.68. The third-order valence-corrected chi connectivity index (χ3v) is 4.39. The number of aliphatic imine (C=N–C) groups is 1. The summed E-state index contributed by atoms with van der Waals surface area (Å²) < 4.78 is 0. The van der Waals surface area contributed by atoms with Crippen molar-refractivity contribution in [3.8, 4) is 0 Å². The monoisotopic (exact) mass is 343 g/mol. The molecule has 1 fully saturated rings. The molecule has 0 spiro atoms. The van der Waals surface area contributed by atoms with E-state index in [1.165, 1.54) is 6.92 Å². The summed E-state index contributed by atoms with van der Waals surface area (Å²) in [6.07, 6.45) is 4.40. The third kappa shape index (κ3) is 3.54. The molecule has 1 N–H and O–H groups in total. The number of allylic oxidation sites excluding steroid dienone is 1. The normalized spacial score (nSPS) is 21.1. The van der Waals surface area contributed by atoms with Crippen LogP contribution in [0.15, 0.2) is 46.7 Å². The van der Waals surface area contributed by atoms with E-state index in [0.29, 0.717) is 11.1 Å². The van der Waals surface area contributed by atoms with Crippen molar-refractivity contribution in [2.45, 2.75) is 39.7 Å². The molecule has 3 rings (SSSR count). The number of nitrogens with zero attached hydrogens (tertiary/aromatic N) is 2. The molecular formula is C19H22ClN3O. The maximum Gasteiger partial charge on any atom is 0.221 e. The Balaban J connectivity index is 2.09. The van der Waals surface area contributed by atoms with E-state index in [9.17, 15) is 4.79 Å². The number of hydrogen-bond donors (Lipinski definition) is 1. The Morgan fingerprint density at radius 1 is 1.29 bits per heavy atom. The van der Waals surface area contributed by atoms with E-state index >= 15 is 0 Å². The lowest BCUT2D eigenvalue weighted by molar-refractivity contribution is -0.118. The Hall–Kier alpha value is -2.07. The minimum absolute atomic E-state index is 0.0730. The first-order chi connectivity index (χ1) is 11.5. The first-order valence-electron chi connectivity index (χ1n) is 8.31. The number of amides is 1. The molecule has 126 valence electrons. The van der Waals surface area contributed by atoms with E-state index in [0.717, 1.165) is 47.6 Å². The smallest absolute Gasteiger partial charge is 0.221 e. The van der Waals surface area contributed by atoms with Crippen molar-refractivity contribution in [3.05, 3.63) is 52.3 Å². The van der Waals surface area contributed by atoms with Crippen LogP contribution in [-0.2, 0) is 4.79 Å². The number of carbonyl (C=O) groups excluding carboxylic acids is 1. The number of amidine groups is 1. The summed E-state index contributed by atoms with van der Waals surface area (Å²) in [6.45, 7) is 6.40. The van der Waals surface area contributed by atoms with Gasteiger partial charge < -0.3 is 10.2 Å². The predicted molar refractivity (Wildman–Crippen MR) is 98.8 cm³/mol. The highest BCUT2D eigenvalue weighted by Crippen LogP contribution is 2.36. The fourth-order valence-electron chi connectivity index (χ4n) is 2.85. The quantitative estimate of drug-likeness (QED) is 0.898. The lowest BCUT2D eigenvalue weighted by Gasteiger charge is -2.17. The van der Waals surface area contributed by atoms with Gasteiger partial charge in [0.05, 0.1) is 6.04 Å². The van der Waals surface area contributed by atoms with Crippen LogP contribution in [0.5, 0.6) is 0 Å². The van der Waals surface area contributed by atoms with Crippen molar-refractivity contribution in [3.63, 3.8) is 0 Å². The van der Waals surface area contributed by atoms with Gasteiger partial charge in [0.1, 0.15) is 5.84 Å². The summed E-state index contributed by atoms with van der Waals surface area (Å²) in [4.78, 5) is 18.6. The SMILES string of the molecule is CCN1C=C(c2ccc(Cl)cc2)C(=C(/C)NC(C)=O)/C1=N\C1CC1. The number of benzene rings is 1. The topological polar surface area (TPSA) is 44.7 Å². The number of nitrogens with one attached hydrogen (secondary N) is 1. The van der Waals surface area contributed by atoms with E-state index in [2.05, 4.69) is 23.3 Å². The summed E-state index contributed by atoms with van der Waals surface area (Å²) in [5.41, 5.74) is 3.97. The lowest BCUT2D eigenvalue weighted by Crippen LogP contribution is -2.26. The molecule has 1 aromatic rings. The third-order valence-electron chi connectivity index (χ3n) is 4.14. The Labute approximate surface area is 147 Å². The Morgan fingerprint density at radius 2 is 1.96 bits per heavy atom. The summed E-state index contributed by atoms with van der Waals surface area (Å²) in [6, 6.07) is 8.18. The zero-order chi connectivity index (χ0) is 17.3. The van der Waals surface area contributed by atoms with Crippen LogP contribution in [-0.4, -0.2) is 29.2 Å². The average molecular weight is 344 g/mol. The zero-order valence-electron chi connectivity index (χ0n) is 14.3. The molecule has 4 nitrogen and oxygen atoms in total. The van der Waals surface area contributed by atoms with E-state index in [1.807, 2.05) is 31.2 Å². The van der Waals surface area contributed by atoms with Gasteiger partial charge in [-0.25, -0.2) is 0 Å². The van der Waals surface area contributed by atoms with Gasteiger partial charge in [-0.1, -0.05) is 23.7 Å².